The highest BCUT2D eigenvalue weighted by molar-refractivity contribution is 5.97. The van der Waals surface area contributed by atoms with Crippen molar-refractivity contribution in [3.8, 4) is 5.75 Å². The van der Waals surface area contributed by atoms with Gasteiger partial charge >= 0.3 is 12.1 Å². The molecule has 200 valence electrons. The lowest BCUT2D eigenvalue weighted by molar-refractivity contribution is -0.0652. The van der Waals surface area contributed by atoms with E-state index < -0.39 is 47.9 Å². The second-order valence-electron chi connectivity index (χ2n) is 9.49. The number of aliphatic hydroxyl groups excluding tert-OH is 1. The van der Waals surface area contributed by atoms with Crippen LogP contribution in [0.25, 0.3) is 0 Å². The van der Waals surface area contributed by atoms with Crippen LogP contribution in [0.5, 0.6) is 5.75 Å². The van der Waals surface area contributed by atoms with Gasteiger partial charge in [0.25, 0.3) is 0 Å². The largest absolute Gasteiger partial charge is 0.507 e. The lowest BCUT2D eigenvalue weighted by Gasteiger charge is -2.37. The second kappa shape index (κ2) is 10.8. The molecular formula is C26H33N3O8. The molecule has 2 fully saturated rings. The minimum absolute atomic E-state index is 0.0617. The number of hydrogen-bond donors (Lipinski definition) is 6. The predicted molar refractivity (Wildman–Crippen MR) is 134 cm³/mol. The van der Waals surface area contributed by atoms with Crippen LogP contribution in [-0.4, -0.2) is 69.7 Å². The summed E-state index contributed by atoms with van der Waals surface area (Å²) in [4.78, 5) is 34.9. The van der Waals surface area contributed by atoms with Crippen LogP contribution in [0.3, 0.4) is 0 Å². The Morgan fingerprint density at radius 1 is 1.22 bits per heavy atom. The SMILES string of the molecule is Cc1cccc(O)c1C(=O)OC[C@@]1(O)C[C@H](N)[C@]2(NC(=O)O[C@H]2C)[C@@H]1C.Nc1cccc(C(=O)CO)c1. The molecule has 11 nitrogen and oxygen atoms in total. The van der Waals surface area contributed by atoms with Crippen LogP contribution >= 0.6 is 0 Å². The fraction of sp³-hybridized carbons (Fsp3) is 0.423. The Bertz CT molecular complexity index is 1170. The number of benzene rings is 2. The van der Waals surface area contributed by atoms with E-state index in [0.29, 0.717) is 16.8 Å². The van der Waals surface area contributed by atoms with E-state index in [9.17, 15) is 24.6 Å². The first-order chi connectivity index (χ1) is 17.4. The van der Waals surface area contributed by atoms with Crippen molar-refractivity contribution in [1.82, 2.24) is 5.32 Å². The predicted octanol–water partition coefficient (Wildman–Crippen LogP) is 1.27. The van der Waals surface area contributed by atoms with E-state index in [1.165, 1.54) is 6.07 Å². The van der Waals surface area contributed by atoms with Gasteiger partial charge in [0.05, 0.1) is 0 Å². The van der Waals surface area contributed by atoms with Gasteiger partial charge in [-0.1, -0.05) is 31.2 Å². The number of phenols is 1. The van der Waals surface area contributed by atoms with E-state index in [-0.39, 0.29) is 30.1 Å². The second-order valence-corrected chi connectivity index (χ2v) is 9.49. The number of aryl methyl sites for hydroxylation is 1. The molecule has 37 heavy (non-hydrogen) atoms. The molecule has 1 saturated carbocycles. The van der Waals surface area contributed by atoms with E-state index in [1.807, 2.05) is 0 Å². The van der Waals surface area contributed by atoms with Crippen molar-refractivity contribution >= 4 is 23.5 Å². The maximum atomic E-state index is 12.4. The number of cyclic esters (lactones) is 1. The Hall–Kier alpha value is -3.67. The van der Waals surface area contributed by atoms with Crippen molar-refractivity contribution < 1.29 is 39.2 Å². The average Bonchev–Trinajstić information content (AvgIpc) is 3.25. The van der Waals surface area contributed by atoms with Crippen LogP contribution < -0.4 is 16.8 Å². The summed E-state index contributed by atoms with van der Waals surface area (Å²) in [6.07, 6.45) is -0.967. The number of ketones is 1. The number of anilines is 1. The third-order valence-electron chi connectivity index (χ3n) is 7.24. The molecule has 1 saturated heterocycles. The topological polar surface area (TPSA) is 194 Å². The monoisotopic (exact) mass is 515 g/mol. The summed E-state index contributed by atoms with van der Waals surface area (Å²) >= 11 is 0. The Labute approximate surface area is 214 Å². The van der Waals surface area contributed by atoms with Crippen molar-refractivity contribution in [2.24, 2.45) is 11.7 Å². The lowest BCUT2D eigenvalue weighted by Crippen LogP contribution is -2.61. The molecule has 8 N–H and O–H groups in total. The minimum Gasteiger partial charge on any atom is -0.507 e. The van der Waals surface area contributed by atoms with E-state index >= 15 is 0 Å². The maximum Gasteiger partial charge on any atom is 0.408 e. The summed E-state index contributed by atoms with van der Waals surface area (Å²) in [7, 11) is 0. The molecule has 2 aromatic carbocycles. The number of nitrogens with one attached hydrogen (secondary N) is 1. The van der Waals surface area contributed by atoms with Crippen LogP contribution in [0.15, 0.2) is 42.5 Å². The molecule has 1 aliphatic heterocycles. The summed E-state index contributed by atoms with van der Waals surface area (Å²) in [6.45, 7) is 4.37. The first-order valence-corrected chi connectivity index (χ1v) is 11.8. The van der Waals surface area contributed by atoms with E-state index in [1.54, 1.807) is 57.2 Å². The molecule has 0 aromatic heterocycles. The van der Waals surface area contributed by atoms with Crippen molar-refractivity contribution in [3.05, 3.63) is 59.2 Å². The van der Waals surface area contributed by atoms with Gasteiger partial charge in [-0.3, -0.25) is 4.79 Å². The molecule has 2 aromatic rings. The Kier molecular flexibility index (Phi) is 8.11. The third-order valence-corrected chi connectivity index (χ3v) is 7.24. The minimum atomic E-state index is -1.43. The van der Waals surface area contributed by atoms with E-state index in [0.717, 1.165) is 0 Å². The van der Waals surface area contributed by atoms with Crippen LogP contribution in [0.1, 0.15) is 46.5 Å². The standard InChI is InChI=1S/C18H24N2O6.C8H9NO2/c1-9-5-4-6-12(21)14(9)15(22)25-8-17(24)7-13(19)18(10(17)2)11(3)26-16(23)20-18;9-7-3-1-2-6(4-7)8(11)5-10/h4-6,10-11,13,21,24H,7-8,19H2,1-3H3,(H,20,23);1-4,10H,5,9H2/t10-,11+,13+,17+,18+;/m1./s1. The summed E-state index contributed by atoms with van der Waals surface area (Å²) in [5.41, 5.74) is 10.9. The van der Waals surface area contributed by atoms with Crippen molar-refractivity contribution in [1.29, 1.82) is 0 Å². The maximum absolute atomic E-state index is 12.4. The van der Waals surface area contributed by atoms with E-state index in [2.05, 4.69) is 5.32 Å². The Morgan fingerprint density at radius 2 is 1.89 bits per heavy atom. The van der Waals surface area contributed by atoms with Gasteiger partial charge in [0.1, 0.15) is 41.8 Å². The van der Waals surface area contributed by atoms with Gasteiger partial charge in [-0.25, -0.2) is 9.59 Å². The van der Waals surface area contributed by atoms with Gasteiger partial charge in [-0.15, -0.1) is 0 Å². The molecule has 4 rings (SSSR count). The Morgan fingerprint density at radius 3 is 2.46 bits per heavy atom. The number of nitrogens with two attached hydrogens (primary N) is 2. The van der Waals surface area contributed by atoms with Crippen molar-refractivity contribution in [2.75, 3.05) is 18.9 Å². The highest BCUT2D eigenvalue weighted by Crippen LogP contribution is 2.47. The average molecular weight is 516 g/mol. The molecule has 1 amide bonds. The quantitative estimate of drug-likeness (QED) is 0.192. The fourth-order valence-corrected chi connectivity index (χ4v) is 5.08. The van der Waals surface area contributed by atoms with Gasteiger partial charge in [0.15, 0.2) is 5.78 Å². The molecule has 0 radical (unpaired) electrons. The normalized spacial score (nSPS) is 28.2. The zero-order valence-electron chi connectivity index (χ0n) is 20.9. The number of rotatable bonds is 5. The van der Waals surface area contributed by atoms with Crippen LogP contribution in [0.4, 0.5) is 10.5 Å². The molecule has 1 spiro atoms. The first kappa shape index (κ1) is 27.9. The van der Waals surface area contributed by atoms with Gasteiger partial charge in [-0.05, 0) is 44.0 Å². The smallest absolute Gasteiger partial charge is 0.408 e. The zero-order chi connectivity index (χ0) is 27.5. The summed E-state index contributed by atoms with van der Waals surface area (Å²) in [5.74, 6) is -1.72. The molecule has 0 bridgehead atoms. The zero-order valence-corrected chi connectivity index (χ0v) is 20.9. The number of aromatic hydroxyl groups is 1. The molecule has 0 unspecified atom stereocenters. The van der Waals surface area contributed by atoms with Gasteiger partial charge in [0.2, 0.25) is 0 Å². The lowest BCUT2D eigenvalue weighted by atomic mass is 9.78. The van der Waals surface area contributed by atoms with Crippen LogP contribution in [0.2, 0.25) is 0 Å². The van der Waals surface area contributed by atoms with Crippen molar-refractivity contribution in [2.45, 2.75) is 50.5 Å². The van der Waals surface area contributed by atoms with Crippen molar-refractivity contribution in [3.63, 3.8) is 0 Å². The number of Topliss-reactive ketones (excluding diaryl/α,β-unsaturated/α-hetero) is 1. The highest BCUT2D eigenvalue weighted by atomic mass is 16.6. The Balaban J connectivity index is 0.000000289. The fourth-order valence-electron chi connectivity index (χ4n) is 5.08. The number of carbonyl (C=O) groups excluding carboxylic acids is 3. The number of carbonyl (C=O) groups is 3. The number of amides is 1. The highest BCUT2D eigenvalue weighted by Gasteiger charge is 2.65. The van der Waals surface area contributed by atoms with Gasteiger partial charge in [0, 0.05) is 23.2 Å². The number of nitrogen functional groups attached to an aromatic ring is 1. The number of esters is 1. The van der Waals surface area contributed by atoms with E-state index in [4.69, 9.17) is 26.0 Å². The number of phenolic OH excluding ortho intramolecular Hbond substituents is 1. The van der Waals surface area contributed by atoms with Crippen LogP contribution in [-0.2, 0) is 9.47 Å². The summed E-state index contributed by atoms with van der Waals surface area (Å²) in [6, 6.07) is 10.7. The number of aliphatic hydroxyl groups is 2. The van der Waals surface area contributed by atoms with Gasteiger partial charge < -0.3 is 41.6 Å². The molecular weight excluding hydrogens is 482 g/mol. The first-order valence-electron chi connectivity index (χ1n) is 11.8. The van der Waals surface area contributed by atoms with Crippen LogP contribution in [0, 0.1) is 12.8 Å². The van der Waals surface area contributed by atoms with Gasteiger partial charge in [-0.2, -0.15) is 0 Å². The molecule has 5 atom stereocenters. The number of hydrogen-bond acceptors (Lipinski definition) is 10. The molecule has 11 heteroatoms. The summed E-state index contributed by atoms with van der Waals surface area (Å²) < 4.78 is 10.5. The number of alkyl carbamates (subject to hydrolysis) is 1. The molecule has 1 heterocycles. The number of ether oxygens (including phenoxy) is 2. The molecule has 2 aliphatic rings. The summed E-state index contributed by atoms with van der Waals surface area (Å²) in [5, 5.41) is 32.2. The third kappa shape index (κ3) is 5.38. The molecule has 1 aliphatic carbocycles.